The first-order valence-corrected chi connectivity index (χ1v) is 7.44. The number of sulfonamides is 1. The van der Waals surface area contributed by atoms with Crippen LogP contribution in [0, 0.1) is 0 Å². The van der Waals surface area contributed by atoms with E-state index < -0.39 is 10.0 Å². The summed E-state index contributed by atoms with van der Waals surface area (Å²) >= 11 is 5.86. The van der Waals surface area contributed by atoms with Crippen LogP contribution in [0.1, 0.15) is 23.7 Å². The number of benzene rings is 1. The van der Waals surface area contributed by atoms with E-state index >= 15 is 0 Å². The second-order valence-electron chi connectivity index (χ2n) is 3.69. The predicted octanol–water partition coefficient (Wildman–Crippen LogP) is 1.85. The van der Waals surface area contributed by atoms with E-state index in [4.69, 9.17) is 11.6 Å². The molecule has 0 radical (unpaired) electrons. The van der Waals surface area contributed by atoms with Crippen LogP contribution in [0.3, 0.4) is 0 Å². The minimum absolute atomic E-state index is 0.0327. The Morgan fingerprint density at radius 2 is 2.06 bits per heavy atom. The Labute approximate surface area is 112 Å². The van der Waals surface area contributed by atoms with E-state index in [2.05, 4.69) is 10.0 Å². The van der Waals surface area contributed by atoms with Gasteiger partial charge in [0.1, 0.15) is 0 Å². The molecule has 7 heteroatoms. The molecule has 0 heterocycles. The van der Waals surface area contributed by atoms with Gasteiger partial charge in [-0.3, -0.25) is 9.52 Å². The summed E-state index contributed by atoms with van der Waals surface area (Å²) in [5.41, 5.74) is 0.558. The quantitative estimate of drug-likeness (QED) is 0.869. The van der Waals surface area contributed by atoms with Gasteiger partial charge in [-0.05, 0) is 24.6 Å². The summed E-state index contributed by atoms with van der Waals surface area (Å²) in [7, 11) is -1.89. The number of rotatable bonds is 5. The molecular weight excluding hydrogens is 276 g/mol. The van der Waals surface area contributed by atoms with E-state index in [1.807, 2.05) is 0 Å². The van der Waals surface area contributed by atoms with E-state index in [0.717, 1.165) is 0 Å². The summed E-state index contributed by atoms with van der Waals surface area (Å²) in [4.78, 5) is 11.5. The van der Waals surface area contributed by atoms with Gasteiger partial charge in [-0.1, -0.05) is 18.5 Å². The highest BCUT2D eigenvalue weighted by molar-refractivity contribution is 7.92. The number of carbonyl (C=O) groups excluding carboxylic acids is 1. The Balaban J connectivity index is 3.03. The van der Waals surface area contributed by atoms with Gasteiger partial charge < -0.3 is 5.32 Å². The summed E-state index contributed by atoms with van der Waals surface area (Å²) in [6, 6.07) is 4.41. The summed E-state index contributed by atoms with van der Waals surface area (Å²) in [5.74, 6) is -0.332. The Morgan fingerprint density at radius 3 is 2.61 bits per heavy atom. The summed E-state index contributed by atoms with van der Waals surface area (Å²) in [6.45, 7) is 1.77. The molecule has 0 bridgehead atoms. The molecule has 1 aromatic carbocycles. The van der Waals surface area contributed by atoms with Crippen molar-refractivity contribution < 1.29 is 13.2 Å². The van der Waals surface area contributed by atoms with Crippen molar-refractivity contribution in [2.24, 2.45) is 0 Å². The molecule has 1 rings (SSSR count). The lowest BCUT2D eigenvalue weighted by Gasteiger charge is -2.09. The third-order valence-electron chi connectivity index (χ3n) is 2.18. The van der Waals surface area contributed by atoms with Gasteiger partial charge in [0.25, 0.3) is 5.91 Å². The molecule has 5 nitrogen and oxygen atoms in total. The van der Waals surface area contributed by atoms with Crippen molar-refractivity contribution in [2.75, 3.05) is 17.5 Å². The van der Waals surface area contributed by atoms with Gasteiger partial charge in [0.05, 0.1) is 16.3 Å². The highest BCUT2D eigenvalue weighted by atomic mass is 35.5. The Bertz CT molecular complexity index is 543. The van der Waals surface area contributed by atoms with Crippen molar-refractivity contribution in [1.82, 2.24) is 5.32 Å². The van der Waals surface area contributed by atoms with Crippen LogP contribution in [-0.2, 0) is 10.0 Å². The summed E-state index contributed by atoms with van der Waals surface area (Å²) in [5, 5.41) is 2.71. The zero-order valence-electron chi connectivity index (χ0n) is 10.2. The zero-order chi connectivity index (χ0) is 13.8. The van der Waals surface area contributed by atoms with Crippen LogP contribution in [-0.4, -0.2) is 27.1 Å². The number of halogens is 1. The number of hydrogen-bond donors (Lipinski definition) is 2. The fraction of sp³-hybridized carbons (Fsp3) is 0.364. The van der Waals surface area contributed by atoms with E-state index in [-0.39, 0.29) is 22.2 Å². The maximum Gasteiger partial charge on any atom is 0.252 e. The lowest BCUT2D eigenvalue weighted by Crippen LogP contribution is -2.20. The van der Waals surface area contributed by atoms with Crippen molar-refractivity contribution >= 4 is 33.2 Å². The molecule has 100 valence electrons. The molecule has 0 aliphatic rings. The Hall–Kier alpha value is -1.27. The van der Waals surface area contributed by atoms with Crippen LogP contribution in [0.15, 0.2) is 18.2 Å². The number of hydrogen-bond acceptors (Lipinski definition) is 3. The third-order valence-corrected chi connectivity index (χ3v) is 4.01. The van der Waals surface area contributed by atoms with Crippen LogP contribution in [0.25, 0.3) is 0 Å². The van der Waals surface area contributed by atoms with E-state index in [1.165, 1.54) is 25.2 Å². The predicted molar refractivity (Wildman–Crippen MR) is 72.5 cm³/mol. The molecule has 0 unspecified atom stereocenters. The number of carbonyl (C=O) groups is 1. The van der Waals surface area contributed by atoms with Gasteiger partial charge in [0.15, 0.2) is 0 Å². The summed E-state index contributed by atoms with van der Waals surface area (Å²) in [6.07, 6.45) is 0.519. The highest BCUT2D eigenvalue weighted by Crippen LogP contribution is 2.21. The van der Waals surface area contributed by atoms with E-state index in [0.29, 0.717) is 12.1 Å². The Kier molecular flexibility index (Phi) is 4.98. The van der Waals surface area contributed by atoms with Crippen LogP contribution < -0.4 is 10.0 Å². The number of anilines is 1. The van der Waals surface area contributed by atoms with Gasteiger partial charge in [-0.2, -0.15) is 0 Å². The molecule has 0 atom stereocenters. The number of amides is 1. The lowest BCUT2D eigenvalue weighted by atomic mass is 10.2. The maximum absolute atomic E-state index is 11.6. The van der Waals surface area contributed by atoms with Crippen LogP contribution >= 0.6 is 11.6 Å². The smallest absolute Gasteiger partial charge is 0.252 e. The standard InChI is InChI=1S/C11H15ClN2O3S/c1-3-6-18(16,17)14-8-4-5-10(12)9(7-8)11(15)13-2/h4-5,7,14H,3,6H2,1-2H3,(H,13,15). The first-order chi connectivity index (χ1) is 8.39. The highest BCUT2D eigenvalue weighted by Gasteiger charge is 2.13. The van der Waals surface area contributed by atoms with Crippen molar-refractivity contribution in [1.29, 1.82) is 0 Å². The van der Waals surface area contributed by atoms with Gasteiger partial charge in [0, 0.05) is 12.7 Å². The minimum atomic E-state index is -3.37. The molecule has 0 saturated heterocycles. The zero-order valence-corrected chi connectivity index (χ0v) is 11.7. The molecule has 0 saturated carbocycles. The van der Waals surface area contributed by atoms with Crippen molar-refractivity contribution in [3.63, 3.8) is 0 Å². The molecule has 0 fully saturated rings. The second-order valence-corrected chi connectivity index (χ2v) is 5.94. The lowest BCUT2D eigenvalue weighted by molar-refractivity contribution is 0.0963. The maximum atomic E-state index is 11.6. The average molecular weight is 291 g/mol. The topological polar surface area (TPSA) is 75.3 Å². The van der Waals surface area contributed by atoms with Gasteiger partial charge in [-0.25, -0.2) is 8.42 Å². The molecule has 0 spiro atoms. The summed E-state index contributed by atoms with van der Waals surface area (Å²) < 4.78 is 25.6. The monoisotopic (exact) mass is 290 g/mol. The van der Waals surface area contributed by atoms with Gasteiger partial charge >= 0.3 is 0 Å². The van der Waals surface area contributed by atoms with E-state index in [9.17, 15) is 13.2 Å². The molecule has 2 N–H and O–H groups in total. The normalized spacial score (nSPS) is 11.1. The SMILES string of the molecule is CCCS(=O)(=O)Nc1ccc(Cl)c(C(=O)NC)c1. The molecule has 1 amide bonds. The molecule has 0 aliphatic heterocycles. The van der Waals surface area contributed by atoms with Crippen LogP contribution in [0.2, 0.25) is 5.02 Å². The third kappa shape index (κ3) is 3.89. The van der Waals surface area contributed by atoms with Crippen molar-refractivity contribution in [2.45, 2.75) is 13.3 Å². The second kappa shape index (κ2) is 6.06. The molecule has 0 aromatic heterocycles. The first kappa shape index (κ1) is 14.8. The van der Waals surface area contributed by atoms with Crippen molar-refractivity contribution in [3.05, 3.63) is 28.8 Å². The first-order valence-electron chi connectivity index (χ1n) is 5.41. The largest absolute Gasteiger partial charge is 0.355 e. The molecule has 0 aliphatic carbocycles. The van der Waals surface area contributed by atoms with Crippen LogP contribution in [0.5, 0.6) is 0 Å². The van der Waals surface area contributed by atoms with Crippen LogP contribution in [0.4, 0.5) is 5.69 Å². The molecular formula is C11H15ClN2O3S. The average Bonchev–Trinajstić information content (AvgIpc) is 2.30. The van der Waals surface area contributed by atoms with Crippen molar-refractivity contribution in [3.8, 4) is 0 Å². The number of nitrogens with one attached hydrogen (secondary N) is 2. The van der Waals surface area contributed by atoms with Gasteiger partial charge in [-0.15, -0.1) is 0 Å². The molecule has 18 heavy (non-hydrogen) atoms. The van der Waals surface area contributed by atoms with Gasteiger partial charge in [0.2, 0.25) is 10.0 Å². The Morgan fingerprint density at radius 1 is 1.39 bits per heavy atom. The minimum Gasteiger partial charge on any atom is -0.355 e. The van der Waals surface area contributed by atoms with E-state index in [1.54, 1.807) is 6.92 Å². The molecule has 1 aromatic rings. The fourth-order valence-electron chi connectivity index (χ4n) is 1.40. The fourth-order valence-corrected chi connectivity index (χ4v) is 2.73.